The predicted octanol–water partition coefficient (Wildman–Crippen LogP) is 6.26. The van der Waals surface area contributed by atoms with Crippen LogP contribution in [0.3, 0.4) is 0 Å². The first-order chi connectivity index (χ1) is 13.5. The van der Waals surface area contributed by atoms with Crippen LogP contribution in [0.4, 0.5) is 0 Å². The Hall–Kier alpha value is -1.26. The summed E-state index contributed by atoms with van der Waals surface area (Å²) in [6.07, 6.45) is 4.14. The molecular formula is C25H38O3S. The molecule has 1 aliphatic rings. The van der Waals surface area contributed by atoms with Gasteiger partial charge in [-0.25, -0.2) is 4.79 Å². The van der Waals surface area contributed by atoms with Crippen molar-refractivity contribution in [2.24, 2.45) is 5.41 Å². The summed E-state index contributed by atoms with van der Waals surface area (Å²) in [6, 6.07) is 6.77. The van der Waals surface area contributed by atoms with Crippen LogP contribution in [0.2, 0.25) is 0 Å². The highest BCUT2D eigenvalue weighted by Crippen LogP contribution is 2.51. The maximum absolute atomic E-state index is 11.6. The molecule has 3 nitrogen and oxygen atoms in total. The smallest absolute Gasteiger partial charge is 0.342 e. The zero-order valence-corrected chi connectivity index (χ0v) is 19.9. The van der Waals surface area contributed by atoms with Gasteiger partial charge in [0.05, 0.1) is 11.0 Å². The Morgan fingerprint density at radius 3 is 2.28 bits per heavy atom. The molecule has 4 heteroatoms. The van der Waals surface area contributed by atoms with Gasteiger partial charge in [-0.3, -0.25) is 0 Å². The van der Waals surface area contributed by atoms with Crippen molar-refractivity contribution in [2.75, 3.05) is 0 Å². The topological polar surface area (TPSA) is 57.5 Å². The van der Waals surface area contributed by atoms with E-state index in [0.29, 0.717) is 4.91 Å². The monoisotopic (exact) mass is 418 g/mol. The van der Waals surface area contributed by atoms with Gasteiger partial charge >= 0.3 is 5.97 Å². The Labute approximate surface area is 181 Å². The Balaban J connectivity index is 2.26. The molecule has 1 aliphatic heterocycles. The third-order valence-corrected chi connectivity index (χ3v) is 8.48. The summed E-state index contributed by atoms with van der Waals surface area (Å²) in [7, 11) is 0. The average molecular weight is 419 g/mol. The first-order valence-electron chi connectivity index (χ1n) is 10.8. The number of carboxylic acid groups (broad SMARTS) is 1. The third-order valence-electron chi connectivity index (χ3n) is 6.82. The molecule has 0 fully saturated rings. The molecule has 0 aliphatic carbocycles. The van der Waals surface area contributed by atoms with E-state index in [1.165, 1.54) is 16.7 Å². The first kappa shape index (κ1) is 24.0. The fourth-order valence-electron chi connectivity index (χ4n) is 4.51. The molecular weight excluding hydrogens is 380 g/mol. The third kappa shape index (κ3) is 5.08. The molecule has 1 aromatic carbocycles. The van der Waals surface area contributed by atoms with E-state index in [1.807, 2.05) is 6.92 Å². The Kier molecular flexibility index (Phi) is 7.67. The molecule has 0 saturated heterocycles. The van der Waals surface area contributed by atoms with E-state index in [9.17, 15) is 15.0 Å². The number of aliphatic carboxylic acids is 1. The fourth-order valence-corrected chi connectivity index (χ4v) is 6.21. The standard InChI is InChI=1S/C25H38O3S/c1-8-25(9-2,21-15-17(4)22(29-21)23(27)28)19-12-10-18(16(3)14-19)11-13-20(26)24(5,6)7/h10,12,14,20-21,26H,8-9,11,13,15H2,1-7H3,(H,27,28). The van der Waals surface area contributed by atoms with Crippen molar-refractivity contribution in [3.63, 3.8) is 0 Å². The molecule has 1 aromatic rings. The number of hydrogen-bond donors (Lipinski definition) is 2. The zero-order chi connectivity index (χ0) is 22.0. The van der Waals surface area contributed by atoms with Gasteiger partial charge in [-0.15, -0.1) is 11.8 Å². The van der Waals surface area contributed by atoms with Gasteiger partial charge in [-0.1, -0.05) is 58.4 Å². The number of aliphatic hydroxyl groups is 1. The summed E-state index contributed by atoms with van der Waals surface area (Å²) in [5.41, 5.74) is 4.75. The van der Waals surface area contributed by atoms with E-state index in [-0.39, 0.29) is 22.2 Å². The molecule has 0 aromatic heterocycles. The predicted molar refractivity (Wildman–Crippen MR) is 124 cm³/mol. The molecule has 2 N–H and O–H groups in total. The lowest BCUT2D eigenvalue weighted by atomic mass is 9.71. The molecule has 162 valence electrons. The highest BCUT2D eigenvalue weighted by atomic mass is 32.2. The lowest BCUT2D eigenvalue weighted by Crippen LogP contribution is -2.36. The SMILES string of the molecule is CCC(CC)(c1ccc(CCC(O)C(C)(C)C)c(C)c1)C1CC(C)=C(C(=O)O)S1. The number of thioether (sulfide) groups is 1. The lowest BCUT2D eigenvalue weighted by Gasteiger charge is -2.38. The van der Waals surface area contributed by atoms with E-state index in [2.05, 4.69) is 59.7 Å². The van der Waals surface area contributed by atoms with Gasteiger partial charge in [0.1, 0.15) is 0 Å². The van der Waals surface area contributed by atoms with Crippen LogP contribution in [0.25, 0.3) is 0 Å². The number of rotatable bonds is 8. The minimum Gasteiger partial charge on any atom is -0.477 e. The summed E-state index contributed by atoms with van der Waals surface area (Å²) in [6.45, 7) is 14.8. The van der Waals surface area contributed by atoms with Gasteiger partial charge in [0.2, 0.25) is 0 Å². The van der Waals surface area contributed by atoms with E-state index in [0.717, 1.165) is 37.7 Å². The van der Waals surface area contributed by atoms with Crippen molar-refractivity contribution in [3.05, 3.63) is 45.4 Å². The van der Waals surface area contributed by atoms with Crippen LogP contribution in [0.15, 0.2) is 28.7 Å². The molecule has 1 heterocycles. The summed E-state index contributed by atoms with van der Waals surface area (Å²) in [4.78, 5) is 12.1. The normalized spacial score (nSPS) is 19.0. The molecule has 0 bridgehead atoms. The van der Waals surface area contributed by atoms with Crippen LogP contribution in [0.5, 0.6) is 0 Å². The minimum absolute atomic E-state index is 0.0304. The summed E-state index contributed by atoms with van der Waals surface area (Å²) in [5.74, 6) is -0.792. The van der Waals surface area contributed by atoms with Crippen molar-refractivity contribution in [3.8, 4) is 0 Å². The van der Waals surface area contributed by atoms with Gasteiger partial charge in [0.15, 0.2) is 0 Å². The Morgan fingerprint density at radius 2 is 1.83 bits per heavy atom. The van der Waals surface area contributed by atoms with Crippen LogP contribution in [-0.2, 0) is 16.6 Å². The van der Waals surface area contributed by atoms with Crippen molar-refractivity contribution < 1.29 is 15.0 Å². The quantitative estimate of drug-likeness (QED) is 0.523. The molecule has 2 unspecified atom stereocenters. The summed E-state index contributed by atoms with van der Waals surface area (Å²) < 4.78 is 0. The second-order valence-corrected chi connectivity index (χ2v) is 10.9. The Morgan fingerprint density at radius 1 is 1.21 bits per heavy atom. The van der Waals surface area contributed by atoms with Crippen LogP contribution in [-0.4, -0.2) is 27.5 Å². The average Bonchev–Trinajstić information content (AvgIpc) is 3.04. The van der Waals surface area contributed by atoms with Gasteiger partial charge in [-0.2, -0.15) is 0 Å². The van der Waals surface area contributed by atoms with Crippen molar-refractivity contribution in [2.45, 2.75) is 97.3 Å². The lowest BCUT2D eigenvalue weighted by molar-refractivity contribution is -0.131. The van der Waals surface area contributed by atoms with E-state index in [1.54, 1.807) is 11.8 Å². The maximum Gasteiger partial charge on any atom is 0.342 e. The van der Waals surface area contributed by atoms with Gasteiger partial charge in [0.25, 0.3) is 0 Å². The number of aliphatic hydroxyl groups excluding tert-OH is 1. The number of benzene rings is 1. The van der Waals surface area contributed by atoms with Crippen LogP contribution in [0, 0.1) is 12.3 Å². The second-order valence-electron chi connectivity index (χ2n) is 9.65. The van der Waals surface area contributed by atoms with Crippen molar-refractivity contribution >= 4 is 17.7 Å². The van der Waals surface area contributed by atoms with Crippen LogP contribution in [0.1, 0.15) is 83.9 Å². The molecule has 2 atom stereocenters. The van der Waals surface area contributed by atoms with Crippen molar-refractivity contribution in [1.29, 1.82) is 0 Å². The molecule has 0 saturated carbocycles. The molecule has 0 radical (unpaired) electrons. The van der Waals surface area contributed by atoms with Gasteiger partial charge in [0, 0.05) is 10.7 Å². The summed E-state index contributed by atoms with van der Waals surface area (Å²) >= 11 is 1.55. The number of hydrogen-bond acceptors (Lipinski definition) is 3. The second kappa shape index (κ2) is 9.26. The minimum atomic E-state index is -0.792. The summed E-state index contributed by atoms with van der Waals surface area (Å²) in [5, 5.41) is 20.2. The Bertz CT molecular complexity index is 769. The molecule has 0 amide bonds. The van der Waals surface area contributed by atoms with E-state index in [4.69, 9.17) is 0 Å². The van der Waals surface area contributed by atoms with Gasteiger partial charge < -0.3 is 10.2 Å². The number of carbonyl (C=O) groups is 1. The zero-order valence-electron chi connectivity index (χ0n) is 19.1. The number of carboxylic acids is 1. The van der Waals surface area contributed by atoms with Crippen LogP contribution < -0.4 is 0 Å². The van der Waals surface area contributed by atoms with E-state index >= 15 is 0 Å². The largest absolute Gasteiger partial charge is 0.477 e. The number of allylic oxidation sites excluding steroid dienone is 1. The molecule has 0 spiro atoms. The maximum atomic E-state index is 11.6. The van der Waals surface area contributed by atoms with E-state index < -0.39 is 5.97 Å². The molecule has 29 heavy (non-hydrogen) atoms. The first-order valence-corrected chi connectivity index (χ1v) is 11.7. The highest BCUT2D eigenvalue weighted by molar-refractivity contribution is 8.04. The highest BCUT2D eigenvalue weighted by Gasteiger charge is 2.42. The fraction of sp³-hybridized carbons (Fsp3) is 0.640. The number of aryl methyl sites for hydroxylation is 2. The molecule has 2 rings (SSSR count). The van der Waals surface area contributed by atoms with Crippen molar-refractivity contribution in [1.82, 2.24) is 0 Å². The van der Waals surface area contributed by atoms with Gasteiger partial charge in [-0.05, 0) is 68.1 Å². The van der Waals surface area contributed by atoms with Crippen LogP contribution >= 0.6 is 11.8 Å².